The lowest BCUT2D eigenvalue weighted by Crippen LogP contribution is -2.24. The Balaban J connectivity index is 1.89. The van der Waals surface area contributed by atoms with Gasteiger partial charge in [0.1, 0.15) is 17.2 Å². The van der Waals surface area contributed by atoms with E-state index in [1.165, 1.54) is 23.0 Å². The number of H-pyrrole nitrogens is 1. The second-order valence-electron chi connectivity index (χ2n) is 9.22. The normalized spacial score (nSPS) is 15.2. The van der Waals surface area contributed by atoms with Crippen LogP contribution in [0.5, 0.6) is 0 Å². The van der Waals surface area contributed by atoms with E-state index in [0.29, 0.717) is 40.6 Å². The van der Waals surface area contributed by atoms with Crippen molar-refractivity contribution in [2.24, 2.45) is 7.05 Å². The van der Waals surface area contributed by atoms with Crippen LogP contribution < -0.4 is 10.5 Å². The molecule has 0 bridgehead atoms. The Morgan fingerprint density at radius 3 is 2.56 bits per heavy atom. The van der Waals surface area contributed by atoms with Crippen molar-refractivity contribution in [3.63, 3.8) is 0 Å². The molecule has 9 heteroatoms. The molecule has 1 atom stereocenters. The molecule has 2 aromatic carbocycles. The fourth-order valence-corrected chi connectivity index (χ4v) is 5.89. The minimum Gasteiger partial charge on any atom is -0.356 e. The molecule has 3 heterocycles. The molecule has 1 unspecified atom stereocenters. The Labute approximate surface area is 208 Å². The van der Waals surface area contributed by atoms with Gasteiger partial charge in [0.05, 0.1) is 17.5 Å². The number of benzene rings is 2. The summed E-state index contributed by atoms with van der Waals surface area (Å²) in [5.74, 6) is -1.58. The fraction of sp³-hybridized carbons (Fsp3) is 0.222. The summed E-state index contributed by atoms with van der Waals surface area (Å²) < 4.78 is 54.7. The summed E-state index contributed by atoms with van der Waals surface area (Å²) in [5, 5.41) is 0.704. The zero-order valence-electron chi connectivity index (χ0n) is 19.9. The Kier molecular flexibility index (Phi) is 5.98. The third kappa shape index (κ3) is 4.11. The first-order valence-electron chi connectivity index (χ1n) is 11.5. The van der Waals surface area contributed by atoms with E-state index in [4.69, 9.17) is 0 Å². The average Bonchev–Trinajstić information content (AvgIpc) is 3.20. The highest BCUT2D eigenvalue weighted by Crippen LogP contribution is 2.50. The van der Waals surface area contributed by atoms with Crippen molar-refractivity contribution in [1.29, 1.82) is 0 Å². The number of rotatable bonds is 6. The maximum atomic E-state index is 15.3. The van der Waals surface area contributed by atoms with E-state index < -0.39 is 27.5 Å². The number of halogens is 2. The van der Waals surface area contributed by atoms with Crippen LogP contribution in [-0.2, 0) is 22.6 Å². The van der Waals surface area contributed by atoms with Crippen molar-refractivity contribution in [3.8, 4) is 11.1 Å². The van der Waals surface area contributed by atoms with Crippen molar-refractivity contribution in [3.05, 3.63) is 95.3 Å². The molecule has 0 amide bonds. The summed E-state index contributed by atoms with van der Waals surface area (Å²) in [5.41, 5.74) is 3.75. The quantitative estimate of drug-likeness (QED) is 0.379. The Morgan fingerprint density at radius 1 is 1.11 bits per heavy atom. The lowest BCUT2D eigenvalue weighted by molar-refractivity contribution is 0.569. The van der Waals surface area contributed by atoms with Crippen LogP contribution in [0.25, 0.3) is 22.0 Å². The topological polar surface area (TPSA) is 75.2 Å². The van der Waals surface area contributed by atoms with Gasteiger partial charge in [-0.05, 0) is 56.0 Å². The van der Waals surface area contributed by atoms with Gasteiger partial charge in [-0.15, -0.1) is 0 Å². The summed E-state index contributed by atoms with van der Waals surface area (Å²) in [4.78, 5) is 17.9. The summed E-state index contributed by atoms with van der Waals surface area (Å²) in [6.07, 6.45) is 7.58. The van der Waals surface area contributed by atoms with E-state index in [1.54, 1.807) is 44.1 Å². The zero-order valence-corrected chi connectivity index (χ0v) is 20.7. The number of fused-ring (bicyclic) bond motifs is 2. The van der Waals surface area contributed by atoms with Gasteiger partial charge in [0, 0.05) is 59.5 Å². The lowest BCUT2D eigenvalue weighted by Gasteiger charge is -2.34. The van der Waals surface area contributed by atoms with Crippen molar-refractivity contribution in [1.82, 2.24) is 9.55 Å². The maximum absolute atomic E-state index is 15.3. The van der Waals surface area contributed by atoms with Gasteiger partial charge in [-0.3, -0.25) is 4.79 Å². The predicted octanol–water partition coefficient (Wildman–Crippen LogP) is 5.37. The highest BCUT2D eigenvalue weighted by Gasteiger charge is 2.34. The van der Waals surface area contributed by atoms with Gasteiger partial charge in [0.2, 0.25) is 0 Å². The van der Waals surface area contributed by atoms with Gasteiger partial charge in [0.25, 0.3) is 5.56 Å². The summed E-state index contributed by atoms with van der Waals surface area (Å²) in [7, 11) is -1.67. The van der Waals surface area contributed by atoms with Crippen LogP contribution in [0.1, 0.15) is 30.0 Å². The maximum Gasteiger partial charge on any atom is 0.274 e. The largest absolute Gasteiger partial charge is 0.356 e. The Bertz CT molecular complexity index is 1660. The number of unbranched alkanes of at least 4 members (excludes halogenated alkanes) is 1. The monoisotopic (exact) mass is 509 g/mol. The molecule has 1 N–H and O–H groups in total. The molecule has 2 radical (unpaired) electrons. The van der Waals surface area contributed by atoms with Crippen molar-refractivity contribution >= 4 is 32.1 Å². The van der Waals surface area contributed by atoms with Crippen LogP contribution in [-0.4, -0.2) is 24.2 Å². The average molecular weight is 510 g/mol. The van der Waals surface area contributed by atoms with Crippen molar-refractivity contribution in [2.75, 3.05) is 11.2 Å². The molecule has 186 valence electrons. The molecule has 36 heavy (non-hydrogen) atoms. The summed E-state index contributed by atoms with van der Waals surface area (Å²) in [6, 6.07) is 8.30. The smallest absolute Gasteiger partial charge is 0.274 e. The van der Waals surface area contributed by atoms with E-state index in [9.17, 15) is 17.6 Å². The highest BCUT2D eigenvalue weighted by molar-refractivity contribution is 7.89. The lowest BCUT2D eigenvalue weighted by atomic mass is 9.97. The molecular weight excluding hydrogens is 484 g/mol. The van der Waals surface area contributed by atoms with Crippen LogP contribution >= 0.6 is 0 Å². The second-order valence-corrected chi connectivity index (χ2v) is 11.4. The number of hydrogen-bond donors (Lipinski definition) is 1. The van der Waals surface area contributed by atoms with Gasteiger partial charge < -0.3 is 14.5 Å². The van der Waals surface area contributed by atoms with E-state index >= 15 is 4.39 Å². The fourth-order valence-electron chi connectivity index (χ4n) is 5.10. The Morgan fingerprint density at radius 2 is 1.86 bits per heavy atom. The summed E-state index contributed by atoms with van der Waals surface area (Å²) in [6.45, 7) is 3.83. The minimum absolute atomic E-state index is 0.167. The van der Waals surface area contributed by atoms with Gasteiger partial charge in [-0.2, -0.15) is 0 Å². The Hall–Kier alpha value is -3.46. The van der Waals surface area contributed by atoms with E-state index in [1.807, 2.05) is 4.90 Å². The van der Waals surface area contributed by atoms with Gasteiger partial charge >= 0.3 is 0 Å². The van der Waals surface area contributed by atoms with Crippen LogP contribution in [0.4, 0.5) is 20.2 Å². The molecule has 0 saturated carbocycles. The molecule has 4 aromatic rings. The van der Waals surface area contributed by atoms with Gasteiger partial charge in [-0.25, -0.2) is 17.2 Å². The molecule has 0 spiro atoms. The standard InChI is InChI=1S/C27H25F2N3O3S/c1-4-5-6-22-19-13-30-26-25(19)20(14-31(2)27(26)33)18-11-16(15-36(3,34)35)7-9-23(18)32(22)24-10-8-17(28)12-21(24)29/h4,7-14,22,30H,1,5-6,15H2,2-3H3. The number of aryl methyl sites for hydroxylation is 1. The number of aromatic amines is 1. The molecule has 0 saturated heterocycles. The van der Waals surface area contributed by atoms with E-state index in [2.05, 4.69) is 11.9 Å². The molecule has 1 aliphatic heterocycles. The minimum atomic E-state index is -3.32. The number of aromatic nitrogens is 2. The SMILES string of the molecule is [CH2][CH]CCC1c2c[nH]c3c(=O)n(C)cc(c23)-c2cc(CS(C)(=O)=O)ccc2N1c1ccc(F)cc1F. The third-order valence-electron chi connectivity index (χ3n) is 6.56. The zero-order chi connectivity index (χ0) is 25.8. The number of sulfone groups is 1. The van der Waals surface area contributed by atoms with Crippen LogP contribution in [0, 0.1) is 25.0 Å². The first-order chi connectivity index (χ1) is 17.1. The molecule has 1 aliphatic rings. The molecule has 0 aliphatic carbocycles. The second kappa shape index (κ2) is 8.89. The van der Waals surface area contributed by atoms with E-state index in [0.717, 1.165) is 17.2 Å². The number of anilines is 2. The van der Waals surface area contributed by atoms with Crippen LogP contribution in [0.15, 0.2) is 53.6 Å². The molecule has 5 rings (SSSR count). The highest BCUT2D eigenvalue weighted by atomic mass is 32.2. The number of pyridine rings is 1. The first-order valence-corrected chi connectivity index (χ1v) is 13.5. The van der Waals surface area contributed by atoms with Gasteiger partial charge in [-0.1, -0.05) is 6.07 Å². The molecule has 0 fully saturated rings. The summed E-state index contributed by atoms with van der Waals surface area (Å²) >= 11 is 0. The molecular formula is C27H25F2N3O3S. The molecule has 2 aromatic heterocycles. The third-order valence-corrected chi connectivity index (χ3v) is 7.42. The number of hydrogen-bond acceptors (Lipinski definition) is 4. The van der Waals surface area contributed by atoms with Crippen LogP contribution in [0.2, 0.25) is 0 Å². The number of nitrogens with one attached hydrogen (secondary N) is 1. The predicted molar refractivity (Wildman–Crippen MR) is 138 cm³/mol. The first kappa shape index (κ1) is 24.2. The number of nitrogens with zero attached hydrogens (tertiary/aromatic N) is 2. The van der Waals surface area contributed by atoms with Crippen LogP contribution in [0.3, 0.4) is 0 Å². The van der Waals surface area contributed by atoms with Crippen molar-refractivity contribution in [2.45, 2.75) is 24.6 Å². The van der Waals surface area contributed by atoms with Gasteiger partial charge in [0.15, 0.2) is 9.84 Å². The molecule has 6 nitrogen and oxygen atoms in total. The van der Waals surface area contributed by atoms with E-state index in [-0.39, 0.29) is 17.0 Å². The van der Waals surface area contributed by atoms with Crippen molar-refractivity contribution < 1.29 is 17.2 Å².